The molecule has 0 aliphatic carbocycles. The largest absolute Gasteiger partial charge is 0.360 e. The molecule has 128 valence electrons. The predicted octanol–water partition coefficient (Wildman–Crippen LogP) is 3.02. The zero-order valence-electron chi connectivity index (χ0n) is 14.6. The number of carbonyl (C=O) groups excluding carboxylic acids is 1. The normalized spacial score (nSPS) is 11.3. The van der Waals surface area contributed by atoms with Gasteiger partial charge >= 0.3 is 0 Å². The SMILES string of the molecule is CC(C)(C)NC(=O)CNc1nc(-c2ccncc2)nc2ccccc12. The molecule has 1 amide bonds. The highest BCUT2D eigenvalue weighted by Crippen LogP contribution is 2.24. The Morgan fingerprint density at radius 2 is 1.76 bits per heavy atom. The number of rotatable bonds is 4. The molecule has 6 heteroatoms. The van der Waals surface area contributed by atoms with Crippen LogP contribution in [0, 0.1) is 0 Å². The molecule has 0 radical (unpaired) electrons. The van der Waals surface area contributed by atoms with Crippen LogP contribution in [0.2, 0.25) is 0 Å². The molecule has 0 atom stereocenters. The first-order valence-electron chi connectivity index (χ1n) is 8.14. The summed E-state index contributed by atoms with van der Waals surface area (Å²) in [6.45, 7) is 6.00. The van der Waals surface area contributed by atoms with Crippen molar-refractivity contribution in [2.24, 2.45) is 0 Å². The topological polar surface area (TPSA) is 79.8 Å². The van der Waals surface area contributed by atoms with E-state index in [4.69, 9.17) is 0 Å². The van der Waals surface area contributed by atoms with E-state index >= 15 is 0 Å². The van der Waals surface area contributed by atoms with Crippen molar-refractivity contribution in [3.63, 3.8) is 0 Å². The molecule has 2 N–H and O–H groups in total. The number of nitrogens with zero attached hydrogens (tertiary/aromatic N) is 3. The van der Waals surface area contributed by atoms with Gasteiger partial charge in [-0.1, -0.05) is 12.1 Å². The number of amides is 1. The van der Waals surface area contributed by atoms with Crippen LogP contribution in [0.4, 0.5) is 5.82 Å². The molecule has 0 saturated carbocycles. The summed E-state index contributed by atoms with van der Waals surface area (Å²) in [6.07, 6.45) is 3.41. The summed E-state index contributed by atoms with van der Waals surface area (Å²) < 4.78 is 0. The van der Waals surface area contributed by atoms with Crippen LogP contribution in [0.3, 0.4) is 0 Å². The maximum absolute atomic E-state index is 12.1. The van der Waals surface area contributed by atoms with Crippen molar-refractivity contribution in [1.29, 1.82) is 0 Å². The van der Waals surface area contributed by atoms with E-state index in [-0.39, 0.29) is 18.0 Å². The molecule has 0 unspecified atom stereocenters. The Balaban J connectivity index is 1.92. The van der Waals surface area contributed by atoms with Gasteiger partial charge in [0, 0.05) is 28.9 Å². The lowest BCUT2D eigenvalue weighted by atomic mass is 10.1. The molecular weight excluding hydrogens is 314 g/mol. The van der Waals surface area contributed by atoms with Crippen molar-refractivity contribution < 1.29 is 4.79 Å². The van der Waals surface area contributed by atoms with Gasteiger partial charge in [0.1, 0.15) is 5.82 Å². The standard InChI is InChI=1S/C19H21N5O/c1-19(2,3)24-16(25)12-21-18-14-6-4-5-7-15(14)22-17(23-18)13-8-10-20-11-9-13/h4-11H,12H2,1-3H3,(H,24,25)(H,21,22,23). The molecule has 6 nitrogen and oxygen atoms in total. The van der Waals surface area contributed by atoms with Crippen LogP contribution in [0.25, 0.3) is 22.3 Å². The van der Waals surface area contributed by atoms with E-state index in [9.17, 15) is 4.79 Å². The molecule has 3 aromatic rings. The predicted molar refractivity (Wildman–Crippen MR) is 99.2 cm³/mol. The molecule has 2 aromatic heterocycles. The monoisotopic (exact) mass is 335 g/mol. The summed E-state index contributed by atoms with van der Waals surface area (Å²) in [4.78, 5) is 25.3. The molecule has 2 heterocycles. The number of nitrogens with one attached hydrogen (secondary N) is 2. The second-order valence-electron chi connectivity index (χ2n) is 6.80. The van der Waals surface area contributed by atoms with E-state index in [1.54, 1.807) is 12.4 Å². The zero-order chi connectivity index (χ0) is 17.9. The van der Waals surface area contributed by atoms with Crippen molar-refractivity contribution in [2.75, 3.05) is 11.9 Å². The van der Waals surface area contributed by atoms with Crippen molar-refractivity contribution >= 4 is 22.6 Å². The smallest absolute Gasteiger partial charge is 0.239 e. The minimum Gasteiger partial charge on any atom is -0.360 e. The fraction of sp³-hybridized carbons (Fsp3) is 0.263. The van der Waals surface area contributed by atoms with Gasteiger partial charge in [0.25, 0.3) is 0 Å². The second kappa shape index (κ2) is 6.84. The molecule has 3 rings (SSSR count). The van der Waals surface area contributed by atoms with Crippen LogP contribution >= 0.6 is 0 Å². The van der Waals surface area contributed by atoms with Crippen LogP contribution in [-0.4, -0.2) is 32.9 Å². The second-order valence-corrected chi connectivity index (χ2v) is 6.80. The van der Waals surface area contributed by atoms with Crippen LogP contribution < -0.4 is 10.6 Å². The quantitative estimate of drug-likeness (QED) is 0.766. The molecule has 0 fully saturated rings. The molecule has 0 spiro atoms. The van der Waals surface area contributed by atoms with E-state index in [0.29, 0.717) is 11.6 Å². The van der Waals surface area contributed by atoms with E-state index in [1.165, 1.54) is 0 Å². The molecular formula is C19H21N5O. The maximum Gasteiger partial charge on any atom is 0.239 e. The fourth-order valence-corrected chi connectivity index (χ4v) is 2.47. The van der Waals surface area contributed by atoms with Crippen molar-refractivity contribution in [2.45, 2.75) is 26.3 Å². The third-order valence-corrected chi connectivity index (χ3v) is 3.47. The van der Waals surface area contributed by atoms with E-state index in [0.717, 1.165) is 16.5 Å². The lowest BCUT2D eigenvalue weighted by Crippen LogP contribution is -2.43. The summed E-state index contributed by atoms with van der Waals surface area (Å²) in [5, 5.41) is 6.95. The number of hydrogen-bond donors (Lipinski definition) is 2. The third-order valence-electron chi connectivity index (χ3n) is 3.47. The zero-order valence-corrected chi connectivity index (χ0v) is 14.6. The van der Waals surface area contributed by atoms with Gasteiger partial charge in [0.2, 0.25) is 5.91 Å². The number of aromatic nitrogens is 3. The average molecular weight is 335 g/mol. The van der Waals surface area contributed by atoms with Crippen molar-refractivity contribution in [3.05, 3.63) is 48.8 Å². The van der Waals surface area contributed by atoms with E-state index in [2.05, 4.69) is 25.6 Å². The molecule has 0 aliphatic rings. The Kier molecular flexibility index (Phi) is 4.61. The van der Waals surface area contributed by atoms with Gasteiger partial charge in [0.05, 0.1) is 12.1 Å². The first-order chi connectivity index (χ1) is 11.9. The summed E-state index contributed by atoms with van der Waals surface area (Å²) >= 11 is 0. The van der Waals surface area contributed by atoms with E-state index < -0.39 is 0 Å². The minimum absolute atomic E-state index is 0.0827. The van der Waals surface area contributed by atoms with Crippen LogP contribution in [-0.2, 0) is 4.79 Å². The Labute approximate surface area is 146 Å². The highest BCUT2D eigenvalue weighted by atomic mass is 16.2. The number of carbonyl (C=O) groups is 1. The number of pyridine rings is 1. The Morgan fingerprint density at radius 1 is 1.04 bits per heavy atom. The van der Waals surface area contributed by atoms with Crippen molar-refractivity contribution in [1.82, 2.24) is 20.3 Å². The molecule has 25 heavy (non-hydrogen) atoms. The van der Waals surface area contributed by atoms with Crippen LogP contribution in [0.5, 0.6) is 0 Å². The molecule has 0 saturated heterocycles. The first-order valence-corrected chi connectivity index (χ1v) is 8.14. The van der Waals surface area contributed by atoms with Crippen LogP contribution in [0.15, 0.2) is 48.8 Å². The van der Waals surface area contributed by atoms with Gasteiger partial charge in [0.15, 0.2) is 5.82 Å². The Hall–Kier alpha value is -3.02. The summed E-state index contributed by atoms with van der Waals surface area (Å²) in [7, 11) is 0. The van der Waals surface area contributed by atoms with Gasteiger partial charge in [-0.2, -0.15) is 0 Å². The van der Waals surface area contributed by atoms with Gasteiger partial charge < -0.3 is 10.6 Å². The Morgan fingerprint density at radius 3 is 2.48 bits per heavy atom. The number of benzene rings is 1. The molecule has 0 bridgehead atoms. The number of anilines is 1. The van der Waals surface area contributed by atoms with Crippen molar-refractivity contribution in [3.8, 4) is 11.4 Å². The van der Waals surface area contributed by atoms with Crippen LogP contribution in [0.1, 0.15) is 20.8 Å². The lowest BCUT2D eigenvalue weighted by molar-refractivity contribution is -0.120. The maximum atomic E-state index is 12.1. The Bertz CT molecular complexity index is 887. The first kappa shape index (κ1) is 16.8. The molecule has 1 aromatic carbocycles. The summed E-state index contributed by atoms with van der Waals surface area (Å²) in [5.41, 5.74) is 1.43. The van der Waals surface area contributed by atoms with Gasteiger partial charge in [-0.05, 0) is 45.0 Å². The summed E-state index contributed by atoms with van der Waals surface area (Å²) in [6, 6.07) is 11.5. The highest BCUT2D eigenvalue weighted by molar-refractivity contribution is 5.92. The lowest BCUT2D eigenvalue weighted by Gasteiger charge is -2.20. The van der Waals surface area contributed by atoms with E-state index in [1.807, 2.05) is 57.2 Å². The highest BCUT2D eigenvalue weighted by Gasteiger charge is 2.15. The number of fused-ring (bicyclic) bond motifs is 1. The summed E-state index contributed by atoms with van der Waals surface area (Å²) in [5.74, 6) is 1.15. The average Bonchev–Trinajstić information content (AvgIpc) is 2.58. The third kappa shape index (κ3) is 4.29. The number of para-hydroxylation sites is 1. The van der Waals surface area contributed by atoms with Gasteiger partial charge in [-0.15, -0.1) is 0 Å². The van der Waals surface area contributed by atoms with Gasteiger partial charge in [-0.3, -0.25) is 9.78 Å². The fourth-order valence-electron chi connectivity index (χ4n) is 2.47. The molecule has 0 aliphatic heterocycles. The number of hydrogen-bond acceptors (Lipinski definition) is 5. The minimum atomic E-state index is -0.269. The van der Waals surface area contributed by atoms with Gasteiger partial charge in [-0.25, -0.2) is 9.97 Å².